The lowest BCUT2D eigenvalue weighted by Crippen LogP contribution is -2.46. The molecule has 1 heterocycles. The van der Waals surface area contributed by atoms with Gasteiger partial charge in [-0.25, -0.2) is 0 Å². The highest BCUT2D eigenvalue weighted by molar-refractivity contribution is 5.82. The fourth-order valence-corrected chi connectivity index (χ4v) is 1.87. The molecule has 1 saturated heterocycles. The summed E-state index contributed by atoms with van der Waals surface area (Å²) in [6.45, 7) is 7.97. The summed E-state index contributed by atoms with van der Waals surface area (Å²) in [4.78, 5) is 13.8. The minimum atomic E-state index is 0.0855. The van der Waals surface area contributed by atoms with E-state index in [1.54, 1.807) is 0 Å². The van der Waals surface area contributed by atoms with Gasteiger partial charge in [0, 0.05) is 12.6 Å². The third-order valence-corrected chi connectivity index (χ3v) is 2.61. The van der Waals surface area contributed by atoms with Crippen molar-refractivity contribution < 1.29 is 4.79 Å². The lowest BCUT2D eigenvalue weighted by atomic mass is 10.2. The molecule has 0 aliphatic carbocycles. The Hall–Kier alpha value is -0.570. The summed E-state index contributed by atoms with van der Waals surface area (Å²) in [7, 11) is 0. The van der Waals surface area contributed by atoms with E-state index in [2.05, 4.69) is 19.2 Å². The summed E-state index contributed by atoms with van der Waals surface area (Å²) in [6.07, 6.45) is 2.13. The first kappa shape index (κ1) is 10.5. The van der Waals surface area contributed by atoms with Gasteiger partial charge in [-0.2, -0.15) is 0 Å². The topological polar surface area (TPSA) is 32.3 Å². The van der Waals surface area contributed by atoms with Crippen LogP contribution in [0.1, 0.15) is 33.6 Å². The van der Waals surface area contributed by atoms with Crippen LogP contribution in [0.15, 0.2) is 0 Å². The summed E-state index contributed by atoms with van der Waals surface area (Å²) >= 11 is 0. The predicted molar refractivity (Wildman–Crippen MR) is 53.5 cm³/mol. The molecule has 0 radical (unpaired) electrons. The van der Waals surface area contributed by atoms with Gasteiger partial charge in [0.05, 0.1) is 6.04 Å². The zero-order chi connectivity index (χ0) is 9.84. The van der Waals surface area contributed by atoms with E-state index in [9.17, 15) is 4.79 Å². The molecule has 0 saturated carbocycles. The van der Waals surface area contributed by atoms with Crippen LogP contribution < -0.4 is 5.32 Å². The lowest BCUT2D eigenvalue weighted by molar-refractivity contribution is -0.134. The average Bonchev–Trinajstić information content (AvgIpc) is 2.56. The maximum Gasteiger partial charge on any atom is 0.239 e. The van der Waals surface area contributed by atoms with Crippen LogP contribution in [0.3, 0.4) is 0 Å². The van der Waals surface area contributed by atoms with Gasteiger partial charge < -0.3 is 10.2 Å². The molecule has 3 heteroatoms. The molecule has 3 nitrogen and oxygen atoms in total. The van der Waals surface area contributed by atoms with Crippen LogP contribution in [0, 0.1) is 0 Å². The molecule has 0 unspecified atom stereocenters. The number of hydrogen-bond acceptors (Lipinski definition) is 2. The van der Waals surface area contributed by atoms with Crippen molar-refractivity contribution in [1.29, 1.82) is 0 Å². The number of rotatable bonds is 3. The van der Waals surface area contributed by atoms with E-state index in [4.69, 9.17) is 0 Å². The van der Waals surface area contributed by atoms with Gasteiger partial charge in [0.2, 0.25) is 5.91 Å². The second kappa shape index (κ2) is 4.61. The van der Waals surface area contributed by atoms with Gasteiger partial charge in [-0.15, -0.1) is 0 Å². The zero-order valence-electron chi connectivity index (χ0n) is 8.84. The van der Waals surface area contributed by atoms with Crippen molar-refractivity contribution in [2.45, 2.75) is 45.7 Å². The molecule has 1 fully saturated rings. The molecule has 1 amide bonds. The number of hydrogen-bond donors (Lipinski definition) is 1. The maximum atomic E-state index is 11.9. The molecule has 1 atom stereocenters. The first-order valence-electron chi connectivity index (χ1n) is 5.20. The second-order valence-corrected chi connectivity index (χ2v) is 3.87. The number of likely N-dealkylation sites (N-methyl/N-ethyl adjacent to an activating group) is 1. The predicted octanol–water partition coefficient (Wildman–Crippen LogP) is 0.995. The number of amides is 1. The van der Waals surface area contributed by atoms with E-state index >= 15 is 0 Å². The van der Waals surface area contributed by atoms with Crippen molar-refractivity contribution in [2.24, 2.45) is 0 Å². The molecule has 0 aromatic heterocycles. The van der Waals surface area contributed by atoms with Crippen molar-refractivity contribution in [3.05, 3.63) is 0 Å². The molecule has 1 aliphatic heterocycles. The lowest BCUT2D eigenvalue weighted by Gasteiger charge is -2.27. The van der Waals surface area contributed by atoms with E-state index in [0.29, 0.717) is 6.04 Å². The van der Waals surface area contributed by atoms with Gasteiger partial charge in [0.1, 0.15) is 0 Å². The molecular formula is C10H20N2O. The summed E-state index contributed by atoms with van der Waals surface area (Å²) in [5.74, 6) is 0.273. The first-order valence-corrected chi connectivity index (χ1v) is 5.20. The van der Waals surface area contributed by atoms with Crippen molar-refractivity contribution >= 4 is 5.91 Å². The average molecular weight is 184 g/mol. The molecule has 76 valence electrons. The molecule has 0 bridgehead atoms. The summed E-state index contributed by atoms with van der Waals surface area (Å²) < 4.78 is 0. The molecule has 0 aromatic carbocycles. The van der Waals surface area contributed by atoms with E-state index in [1.807, 2.05) is 11.8 Å². The summed E-state index contributed by atoms with van der Waals surface area (Å²) in [6, 6.07) is 0.405. The number of carbonyl (C=O) groups is 1. The fourth-order valence-electron chi connectivity index (χ4n) is 1.87. The smallest absolute Gasteiger partial charge is 0.239 e. The van der Waals surface area contributed by atoms with E-state index < -0.39 is 0 Å². The minimum Gasteiger partial charge on any atom is -0.339 e. The molecule has 1 aliphatic rings. The fraction of sp³-hybridized carbons (Fsp3) is 0.900. The number of carbonyl (C=O) groups excluding carboxylic acids is 1. The van der Waals surface area contributed by atoms with E-state index in [1.165, 1.54) is 0 Å². The normalized spacial score (nSPS) is 22.3. The Morgan fingerprint density at radius 1 is 1.62 bits per heavy atom. The standard InChI is InChI=1S/C10H20N2O/c1-4-12(8(2)3)10(13)9-6-5-7-11-9/h8-9,11H,4-7H2,1-3H3/t9-/m1/s1. The molecule has 1 rings (SSSR count). The van der Waals surface area contributed by atoms with E-state index in [0.717, 1.165) is 25.9 Å². The van der Waals surface area contributed by atoms with Crippen LogP contribution in [0.4, 0.5) is 0 Å². The van der Waals surface area contributed by atoms with Gasteiger partial charge in [-0.05, 0) is 40.2 Å². The monoisotopic (exact) mass is 184 g/mol. The van der Waals surface area contributed by atoms with Crippen molar-refractivity contribution in [3.63, 3.8) is 0 Å². The second-order valence-electron chi connectivity index (χ2n) is 3.87. The zero-order valence-corrected chi connectivity index (χ0v) is 8.84. The van der Waals surface area contributed by atoms with Crippen LogP contribution in [-0.4, -0.2) is 36.0 Å². The highest BCUT2D eigenvalue weighted by atomic mass is 16.2. The molecule has 0 spiro atoms. The SMILES string of the molecule is CCN(C(=O)[C@H]1CCCN1)C(C)C. The Morgan fingerprint density at radius 2 is 2.31 bits per heavy atom. The number of nitrogens with zero attached hydrogens (tertiary/aromatic N) is 1. The van der Waals surface area contributed by atoms with Crippen molar-refractivity contribution in [3.8, 4) is 0 Å². The Kier molecular flexibility index (Phi) is 3.72. The third kappa shape index (κ3) is 2.44. The van der Waals surface area contributed by atoms with Gasteiger partial charge in [0.15, 0.2) is 0 Å². The largest absolute Gasteiger partial charge is 0.339 e. The molecular weight excluding hydrogens is 164 g/mol. The minimum absolute atomic E-state index is 0.0855. The Balaban J connectivity index is 2.52. The van der Waals surface area contributed by atoms with Crippen LogP contribution in [0.25, 0.3) is 0 Å². The van der Waals surface area contributed by atoms with Gasteiger partial charge >= 0.3 is 0 Å². The van der Waals surface area contributed by atoms with Gasteiger partial charge in [-0.1, -0.05) is 0 Å². The van der Waals surface area contributed by atoms with Crippen LogP contribution in [0.5, 0.6) is 0 Å². The number of nitrogens with one attached hydrogen (secondary N) is 1. The van der Waals surface area contributed by atoms with Crippen molar-refractivity contribution in [2.75, 3.05) is 13.1 Å². The van der Waals surface area contributed by atoms with Crippen molar-refractivity contribution in [1.82, 2.24) is 10.2 Å². The highest BCUT2D eigenvalue weighted by Gasteiger charge is 2.26. The van der Waals surface area contributed by atoms with Crippen LogP contribution in [0.2, 0.25) is 0 Å². The van der Waals surface area contributed by atoms with Gasteiger partial charge in [-0.3, -0.25) is 4.79 Å². The Bertz CT molecular complexity index is 174. The highest BCUT2D eigenvalue weighted by Crippen LogP contribution is 2.10. The summed E-state index contributed by atoms with van der Waals surface area (Å²) in [5, 5.41) is 3.23. The van der Waals surface area contributed by atoms with Crippen LogP contribution in [-0.2, 0) is 4.79 Å². The third-order valence-electron chi connectivity index (χ3n) is 2.61. The maximum absolute atomic E-state index is 11.9. The Labute approximate surface area is 80.5 Å². The Morgan fingerprint density at radius 3 is 2.69 bits per heavy atom. The molecule has 1 N–H and O–H groups in total. The first-order chi connectivity index (χ1) is 6.16. The summed E-state index contributed by atoms with van der Waals surface area (Å²) in [5.41, 5.74) is 0. The van der Waals surface area contributed by atoms with E-state index in [-0.39, 0.29) is 11.9 Å². The van der Waals surface area contributed by atoms with Crippen LogP contribution >= 0.6 is 0 Å². The molecule has 13 heavy (non-hydrogen) atoms. The quantitative estimate of drug-likeness (QED) is 0.709. The molecule has 0 aromatic rings. The van der Waals surface area contributed by atoms with Gasteiger partial charge in [0.25, 0.3) is 0 Å².